The lowest BCUT2D eigenvalue weighted by Gasteiger charge is -2.08. The summed E-state index contributed by atoms with van der Waals surface area (Å²) in [6.45, 7) is 0.636. The van der Waals surface area contributed by atoms with Crippen molar-refractivity contribution in [2.24, 2.45) is 0 Å². The first-order valence-corrected chi connectivity index (χ1v) is 6.71. The summed E-state index contributed by atoms with van der Waals surface area (Å²) in [6, 6.07) is 12.7. The van der Waals surface area contributed by atoms with E-state index in [1.54, 1.807) is 6.07 Å². The number of benzene rings is 2. The quantitative estimate of drug-likeness (QED) is 0.706. The number of nitrogen functional groups attached to an aromatic ring is 1. The molecule has 1 aromatic heterocycles. The van der Waals surface area contributed by atoms with Crippen molar-refractivity contribution in [1.82, 2.24) is 4.57 Å². The molecule has 4 heteroatoms. The van der Waals surface area contributed by atoms with Gasteiger partial charge in [0, 0.05) is 33.8 Å². The van der Waals surface area contributed by atoms with Gasteiger partial charge < -0.3 is 10.3 Å². The summed E-state index contributed by atoms with van der Waals surface area (Å²) >= 11 is 3.46. The van der Waals surface area contributed by atoms with Crippen molar-refractivity contribution in [2.45, 2.75) is 6.54 Å². The van der Waals surface area contributed by atoms with Gasteiger partial charge in [0.05, 0.1) is 0 Å². The topological polar surface area (TPSA) is 30.9 Å². The van der Waals surface area contributed by atoms with Crippen LogP contribution in [0, 0.1) is 5.82 Å². The second kappa shape index (κ2) is 4.70. The van der Waals surface area contributed by atoms with E-state index in [1.807, 2.05) is 12.3 Å². The monoisotopic (exact) mass is 318 g/mol. The molecule has 1 heterocycles. The first kappa shape index (κ1) is 12.2. The fourth-order valence-corrected chi connectivity index (χ4v) is 2.58. The number of nitrogens with zero attached hydrogens (tertiary/aromatic N) is 1. The minimum atomic E-state index is -0.303. The Bertz CT molecular complexity index is 749. The molecular formula is C15H12BrFN2. The molecular weight excluding hydrogens is 307 g/mol. The Hall–Kier alpha value is -1.81. The van der Waals surface area contributed by atoms with Crippen LogP contribution >= 0.6 is 15.9 Å². The molecule has 0 aliphatic rings. The van der Waals surface area contributed by atoms with E-state index in [4.69, 9.17) is 5.73 Å². The summed E-state index contributed by atoms with van der Waals surface area (Å²) < 4.78 is 16.2. The van der Waals surface area contributed by atoms with Gasteiger partial charge in [0.2, 0.25) is 0 Å². The van der Waals surface area contributed by atoms with E-state index in [2.05, 4.69) is 38.7 Å². The lowest BCUT2D eigenvalue weighted by molar-refractivity contribution is 0.627. The maximum absolute atomic E-state index is 13.0. The van der Waals surface area contributed by atoms with Crippen molar-refractivity contribution in [2.75, 3.05) is 5.73 Å². The zero-order valence-corrected chi connectivity index (χ0v) is 11.7. The number of hydrogen-bond acceptors (Lipinski definition) is 1. The number of fused-ring (bicyclic) bond motifs is 1. The number of aromatic nitrogens is 1. The molecule has 0 amide bonds. The largest absolute Gasteiger partial charge is 0.398 e. The molecule has 0 aliphatic carbocycles. The Morgan fingerprint density at radius 2 is 1.95 bits per heavy atom. The summed E-state index contributed by atoms with van der Waals surface area (Å²) in [5, 5.41) is 1.16. The van der Waals surface area contributed by atoms with E-state index in [1.165, 1.54) is 12.1 Å². The van der Waals surface area contributed by atoms with Gasteiger partial charge in [-0.05, 0) is 42.0 Å². The molecule has 3 rings (SSSR count). The fraction of sp³-hybridized carbons (Fsp3) is 0.0667. The molecule has 2 aromatic carbocycles. The Balaban J connectivity index is 2.01. The minimum absolute atomic E-state index is 0.303. The van der Waals surface area contributed by atoms with E-state index in [-0.39, 0.29) is 5.82 Å². The minimum Gasteiger partial charge on any atom is -0.398 e. The number of hydrogen-bond donors (Lipinski definition) is 1. The Kier molecular flexibility index (Phi) is 3.03. The van der Waals surface area contributed by atoms with Gasteiger partial charge in [-0.1, -0.05) is 22.0 Å². The molecule has 0 atom stereocenters. The SMILES string of the molecule is Nc1cc(F)ccc1Cn1ccc2cc(Br)ccc21. The fourth-order valence-electron chi connectivity index (χ4n) is 2.20. The summed E-state index contributed by atoms with van der Waals surface area (Å²) in [5.74, 6) is -0.303. The molecule has 0 fully saturated rings. The van der Waals surface area contributed by atoms with Gasteiger partial charge >= 0.3 is 0 Å². The van der Waals surface area contributed by atoms with Crippen molar-refractivity contribution in [1.29, 1.82) is 0 Å². The zero-order chi connectivity index (χ0) is 13.4. The molecule has 96 valence electrons. The van der Waals surface area contributed by atoms with Gasteiger partial charge in [0.1, 0.15) is 5.82 Å². The third-order valence-corrected chi connectivity index (χ3v) is 3.67. The molecule has 0 saturated heterocycles. The van der Waals surface area contributed by atoms with Crippen LogP contribution in [0.4, 0.5) is 10.1 Å². The first-order chi connectivity index (χ1) is 9.13. The molecule has 2 N–H and O–H groups in total. The molecule has 0 saturated carbocycles. The molecule has 19 heavy (non-hydrogen) atoms. The second-order valence-electron chi connectivity index (χ2n) is 4.49. The Morgan fingerprint density at radius 1 is 1.11 bits per heavy atom. The number of halogens is 2. The average Bonchev–Trinajstić information content (AvgIpc) is 2.75. The molecule has 0 spiro atoms. The summed E-state index contributed by atoms with van der Waals surface area (Å²) in [5.41, 5.74) is 8.38. The van der Waals surface area contributed by atoms with E-state index in [0.717, 1.165) is 20.9 Å². The Morgan fingerprint density at radius 3 is 2.74 bits per heavy atom. The summed E-state index contributed by atoms with van der Waals surface area (Å²) in [4.78, 5) is 0. The van der Waals surface area contributed by atoms with Gasteiger partial charge in [-0.2, -0.15) is 0 Å². The molecule has 3 aromatic rings. The molecule has 0 radical (unpaired) electrons. The van der Waals surface area contributed by atoms with Crippen molar-refractivity contribution in [3.05, 3.63) is 64.5 Å². The smallest absolute Gasteiger partial charge is 0.125 e. The van der Waals surface area contributed by atoms with Crippen LogP contribution < -0.4 is 5.73 Å². The highest BCUT2D eigenvalue weighted by Crippen LogP contribution is 2.23. The maximum Gasteiger partial charge on any atom is 0.125 e. The summed E-state index contributed by atoms with van der Waals surface area (Å²) in [6.07, 6.45) is 2.01. The number of anilines is 1. The zero-order valence-electron chi connectivity index (χ0n) is 10.1. The van der Waals surface area contributed by atoms with Gasteiger partial charge in [0.15, 0.2) is 0 Å². The van der Waals surface area contributed by atoms with Crippen LogP contribution in [0.2, 0.25) is 0 Å². The Labute approximate surface area is 118 Å². The lowest BCUT2D eigenvalue weighted by Crippen LogP contribution is -2.02. The van der Waals surface area contributed by atoms with Gasteiger partial charge in [0.25, 0.3) is 0 Å². The third-order valence-electron chi connectivity index (χ3n) is 3.18. The van der Waals surface area contributed by atoms with Crippen LogP contribution in [-0.4, -0.2) is 4.57 Å². The van der Waals surface area contributed by atoms with E-state index in [9.17, 15) is 4.39 Å². The predicted molar refractivity (Wildman–Crippen MR) is 79.6 cm³/mol. The lowest BCUT2D eigenvalue weighted by atomic mass is 10.1. The number of nitrogens with two attached hydrogens (primary N) is 1. The molecule has 0 aliphatic heterocycles. The van der Waals surface area contributed by atoms with Crippen molar-refractivity contribution in [3.8, 4) is 0 Å². The standard InChI is InChI=1S/C15H12BrFN2/c16-12-2-4-15-10(7-12)5-6-19(15)9-11-1-3-13(17)8-14(11)18/h1-8H,9,18H2. The van der Waals surface area contributed by atoms with Crippen molar-refractivity contribution < 1.29 is 4.39 Å². The maximum atomic E-state index is 13.0. The van der Waals surface area contributed by atoms with Crippen LogP contribution in [0.3, 0.4) is 0 Å². The highest BCUT2D eigenvalue weighted by Gasteiger charge is 2.05. The van der Waals surface area contributed by atoms with Crippen molar-refractivity contribution in [3.63, 3.8) is 0 Å². The van der Waals surface area contributed by atoms with Gasteiger partial charge in [-0.25, -0.2) is 4.39 Å². The normalized spacial score (nSPS) is 11.1. The predicted octanol–water partition coefficient (Wildman–Crippen LogP) is 4.17. The highest BCUT2D eigenvalue weighted by atomic mass is 79.9. The summed E-state index contributed by atoms with van der Waals surface area (Å²) in [7, 11) is 0. The van der Waals surface area contributed by atoms with E-state index < -0.39 is 0 Å². The van der Waals surface area contributed by atoms with Crippen LogP contribution in [0.5, 0.6) is 0 Å². The van der Waals surface area contributed by atoms with Gasteiger partial charge in [-0.15, -0.1) is 0 Å². The van der Waals surface area contributed by atoms with E-state index in [0.29, 0.717) is 12.2 Å². The average molecular weight is 319 g/mol. The van der Waals surface area contributed by atoms with Crippen LogP contribution in [0.15, 0.2) is 53.1 Å². The molecule has 0 unspecified atom stereocenters. The van der Waals surface area contributed by atoms with E-state index >= 15 is 0 Å². The number of rotatable bonds is 2. The molecule has 2 nitrogen and oxygen atoms in total. The molecule has 0 bridgehead atoms. The third kappa shape index (κ3) is 2.36. The van der Waals surface area contributed by atoms with Crippen LogP contribution in [-0.2, 0) is 6.54 Å². The first-order valence-electron chi connectivity index (χ1n) is 5.92. The van der Waals surface area contributed by atoms with Crippen LogP contribution in [0.25, 0.3) is 10.9 Å². The highest BCUT2D eigenvalue weighted by molar-refractivity contribution is 9.10. The second-order valence-corrected chi connectivity index (χ2v) is 5.41. The van der Waals surface area contributed by atoms with Crippen molar-refractivity contribution >= 4 is 32.5 Å². The van der Waals surface area contributed by atoms with Crippen LogP contribution in [0.1, 0.15) is 5.56 Å². The van der Waals surface area contributed by atoms with Gasteiger partial charge in [-0.3, -0.25) is 0 Å².